The van der Waals surface area contributed by atoms with Crippen LogP contribution in [0, 0.1) is 5.82 Å². The van der Waals surface area contributed by atoms with Gasteiger partial charge in [0.15, 0.2) is 0 Å². The van der Waals surface area contributed by atoms with Crippen LogP contribution in [-0.2, 0) is 17.3 Å². The van der Waals surface area contributed by atoms with Gasteiger partial charge in [-0.05, 0) is 32.4 Å². The van der Waals surface area contributed by atoms with Crippen molar-refractivity contribution >= 4 is 11.4 Å². The summed E-state index contributed by atoms with van der Waals surface area (Å²) in [5.74, 6) is -5.10. The van der Waals surface area contributed by atoms with E-state index in [-0.39, 0.29) is 12.1 Å². The van der Waals surface area contributed by atoms with Crippen molar-refractivity contribution in [1.82, 2.24) is 4.72 Å². The molecule has 0 aliphatic carbocycles. The maximum atomic E-state index is 14.3. The molecule has 1 unspecified atom stereocenters. The van der Waals surface area contributed by atoms with Gasteiger partial charge in [0.2, 0.25) is 0 Å². The number of benzene rings is 1. The summed E-state index contributed by atoms with van der Waals surface area (Å²) < 4.78 is 55.5. The Bertz CT molecular complexity index is 506. The minimum absolute atomic E-state index is 0.101. The fourth-order valence-electron chi connectivity index (χ4n) is 1.83. The molecule has 0 saturated heterocycles. The Hall–Kier alpha value is -0.760. The van der Waals surface area contributed by atoms with Crippen LogP contribution >= 0.6 is 0 Å². The molecule has 0 aromatic heterocycles. The first-order valence-corrected chi connectivity index (χ1v) is 8.08. The van der Waals surface area contributed by atoms with Crippen LogP contribution in [0.3, 0.4) is 0 Å². The first kappa shape index (κ1) is 19.3. The third kappa shape index (κ3) is 4.62. The van der Waals surface area contributed by atoms with E-state index >= 15 is 0 Å². The Labute approximate surface area is 132 Å². The molecule has 126 valence electrons. The van der Waals surface area contributed by atoms with E-state index in [1.54, 1.807) is 27.7 Å². The average molecular weight is 337 g/mol. The van der Waals surface area contributed by atoms with Crippen molar-refractivity contribution in [2.24, 2.45) is 0 Å². The van der Waals surface area contributed by atoms with Crippen molar-refractivity contribution in [3.05, 3.63) is 35.1 Å². The number of hydrogen-bond donors (Lipinski definition) is 2. The van der Waals surface area contributed by atoms with E-state index in [9.17, 15) is 17.7 Å². The second-order valence-electron chi connectivity index (χ2n) is 6.20. The molecule has 0 aliphatic rings. The molecule has 0 radical (unpaired) electrons. The van der Waals surface area contributed by atoms with Gasteiger partial charge in [-0.2, -0.15) is 8.78 Å². The molecule has 0 fully saturated rings. The highest BCUT2D eigenvalue weighted by Gasteiger charge is 2.35. The summed E-state index contributed by atoms with van der Waals surface area (Å²) in [4.78, 5) is 0. The van der Waals surface area contributed by atoms with Crippen molar-refractivity contribution < 1.29 is 22.8 Å². The van der Waals surface area contributed by atoms with Crippen LogP contribution in [0.15, 0.2) is 18.2 Å². The van der Waals surface area contributed by atoms with Gasteiger partial charge in [0.25, 0.3) is 5.92 Å². The highest BCUT2D eigenvalue weighted by Crippen LogP contribution is 2.32. The van der Waals surface area contributed by atoms with E-state index in [0.717, 1.165) is 6.07 Å². The molecule has 22 heavy (non-hydrogen) atoms. The summed E-state index contributed by atoms with van der Waals surface area (Å²) in [6.45, 7) is 5.78. The summed E-state index contributed by atoms with van der Waals surface area (Å²) in [6, 6.07) is 3.70. The number of halogens is 3. The topological polar surface area (TPSA) is 55.3 Å². The lowest BCUT2D eigenvalue weighted by Gasteiger charge is -2.25. The monoisotopic (exact) mass is 337 g/mol. The predicted molar refractivity (Wildman–Crippen MR) is 81.7 cm³/mol. The molecule has 3 nitrogen and oxygen atoms in total. The van der Waals surface area contributed by atoms with Crippen molar-refractivity contribution in [2.75, 3.05) is 13.2 Å². The van der Waals surface area contributed by atoms with Crippen LogP contribution in [0.1, 0.15) is 44.7 Å². The maximum absolute atomic E-state index is 14.3. The second kappa shape index (κ2) is 7.21. The van der Waals surface area contributed by atoms with Crippen LogP contribution in [0.5, 0.6) is 0 Å². The summed E-state index contributed by atoms with van der Waals surface area (Å²) in [6.07, 6.45) is 0. The number of nitrogens with one attached hydrogen (secondary N) is 1. The van der Waals surface area contributed by atoms with Crippen LogP contribution < -0.4 is 4.72 Å². The van der Waals surface area contributed by atoms with E-state index < -0.39 is 45.9 Å². The normalized spacial score (nSPS) is 15.7. The number of aliphatic hydroxyl groups is 1. The molecule has 1 rings (SSSR count). The lowest BCUT2D eigenvalue weighted by atomic mass is 9.96. The fraction of sp³-hybridized carbons (Fsp3) is 0.600. The third-order valence-electron chi connectivity index (χ3n) is 3.23. The SMILES string of the molecule is C[C@@H](CN[S+]([O-])C(C)(C)C)c1cccc(C(F)(F)CO)c1F. The van der Waals surface area contributed by atoms with Gasteiger partial charge in [-0.1, -0.05) is 19.1 Å². The van der Waals surface area contributed by atoms with Gasteiger partial charge in [-0.15, -0.1) is 4.72 Å². The molecular formula is C15H22F3NO2S. The molecule has 2 N–H and O–H groups in total. The van der Waals surface area contributed by atoms with Crippen LogP contribution in [0.4, 0.5) is 13.2 Å². The number of alkyl halides is 2. The molecule has 0 spiro atoms. The van der Waals surface area contributed by atoms with Crippen molar-refractivity contribution in [3.63, 3.8) is 0 Å². The summed E-state index contributed by atoms with van der Waals surface area (Å²) in [7, 11) is 0. The molecule has 0 saturated carbocycles. The maximum Gasteiger partial charge on any atom is 0.298 e. The molecule has 2 atom stereocenters. The molecule has 7 heteroatoms. The van der Waals surface area contributed by atoms with Crippen molar-refractivity contribution in [3.8, 4) is 0 Å². The lowest BCUT2D eigenvalue weighted by Crippen LogP contribution is -2.40. The van der Waals surface area contributed by atoms with E-state index in [4.69, 9.17) is 5.11 Å². The zero-order valence-corrected chi connectivity index (χ0v) is 13.9. The zero-order valence-electron chi connectivity index (χ0n) is 13.1. The summed E-state index contributed by atoms with van der Waals surface area (Å²) >= 11 is -1.32. The molecule has 0 bridgehead atoms. The Morgan fingerprint density at radius 1 is 1.32 bits per heavy atom. The van der Waals surface area contributed by atoms with Crippen LogP contribution in [0.2, 0.25) is 0 Å². The first-order chi connectivity index (χ1) is 10.0. The molecule has 0 aliphatic heterocycles. The average Bonchev–Trinajstić information content (AvgIpc) is 2.43. The third-order valence-corrected chi connectivity index (χ3v) is 4.77. The Morgan fingerprint density at radius 3 is 2.41 bits per heavy atom. The largest absolute Gasteiger partial charge is 0.598 e. The summed E-state index contributed by atoms with van der Waals surface area (Å²) in [5.41, 5.74) is -0.722. The summed E-state index contributed by atoms with van der Waals surface area (Å²) in [5, 5.41) is 8.70. The van der Waals surface area contributed by atoms with Crippen LogP contribution in [0.25, 0.3) is 0 Å². The minimum Gasteiger partial charge on any atom is -0.598 e. The fourth-order valence-corrected chi connectivity index (χ4v) is 2.66. The lowest BCUT2D eigenvalue weighted by molar-refractivity contribution is -0.0584. The number of rotatable bonds is 6. The highest BCUT2D eigenvalue weighted by atomic mass is 32.2. The van der Waals surface area contributed by atoms with Gasteiger partial charge in [-0.25, -0.2) is 4.39 Å². The highest BCUT2D eigenvalue weighted by molar-refractivity contribution is 7.90. The van der Waals surface area contributed by atoms with E-state index in [1.165, 1.54) is 12.1 Å². The van der Waals surface area contributed by atoms with Gasteiger partial charge < -0.3 is 9.66 Å². The van der Waals surface area contributed by atoms with E-state index in [0.29, 0.717) is 0 Å². The molecule has 1 aromatic rings. The van der Waals surface area contributed by atoms with E-state index in [2.05, 4.69) is 4.72 Å². The molecule has 0 amide bonds. The van der Waals surface area contributed by atoms with E-state index in [1.807, 2.05) is 0 Å². The standard InChI is InChI=1S/C15H22F3NO2S/c1-10(8-19-22(21)14(2,3)4)11-6-5-7-12(13(11)16)15(17,18)9-20/h5-7,10,19-20H,8-9H2,1-4H3/t10-,22?/m0/s1. The quantitative estimate of drug-likeness (QED) is 0.785. The predicted octanol–water partition coefficient (Wildman–Crippen LogP) is 3.07. The second-order valence-corrected chi connectivity index (χ2v) is 8.25. The Balaban J connectivity index is 2.91. The van der Waals surface area contributed by atoms with Gasteiger partial charge in [0.05, 0.1) is 5.56 Å². The zero-order chi connectivity index (χ0) is 17.1. The van der Waals surface area contributed by atoms with Gasteiger partial charge in [-0.3, -0.25) is 0 Å². The number of aliphatic hydroxyl groups excluding tert-OH is 1. The molecular weight excluding hydrogens is 315 g/mol. The minimum atomic E-state index is -3.62. The van der Waals surface area contributed by atoms with Gasteiger partial charge >= 0.3 is 0 Å². The number of hydrogen-bond acceptors (Lipinski definition) is 3. The molecule has 1 aromatic carbocycles. The van der Waals surface area contributed by atoms with Gasteiger partial charge in [0, 0.05) is 23.8 Å². The smallest absolute Gasteiger partial charge is 0.298 e. The Kier molecular flexibility index (Phi) is 6.32. The molecule has 0 heterocycles. The van der Waals surface area contributed by atoms with Crippen molar-refractivity contribution in [1.29, 1.82) is 0 Å². The Morgan fingerprint density at radius 2 is 1.91 bits per heavy atom. The van der Waals surface area contributed by atoms with Crippen molar-refractivity contribution in [2.45, 2.75) is 44.3 Å². The van der Waals surface area contributed by atoms with Gasteiger partial charge in [0.1, 0.15) is 17.2 Å². The first-order valence-electron chi connectivity index (χ1n) is 6.93. The van der Waals surface area contributed by atoms with Crippen LogP contribution in [-0.4, -0.2) is 27.6 Å².